The molecule has 2 heteroatoms. The van der Waals surface area contributed by atoms with Gasteiger partial charge in [-0.3, -0.25) is 0 Å². The molecule has 0 saturated heterocycles. The van der Waals surface area contributed by atoms with Crippen LogP contribution in [0.2, 0.25) is 0 Å². The molecule has 0 spiro atoms. The normalized spacial score (nSPS) is 17.3. The molecule has 0 aromatic rings. The van der Waals surface area contributed by atoms with Crippen molar-refractivity contribution in [2.24, 2.45) is 5.73 Å². The molecule has 2 atom stereocenters. The number of nitrogens with two attached hydrogens (primary N) is 1. The number of hydrogen-bond acceptors (Lipinski definition) is 2. The van der Waals surface area contributed by atoms with Crippen molar-refractivity contribution in [3.05, 3.63) is 0 Å². The van der Waals surface area contributed by atoms with E-state index < -0.39 is 0 Å². The summed E-state index contributed by atoms with van der Waals surface area (Å²) in [7, 11) is 0. The van der Waals surface area contributed by atoms with Gasteiger partial charge in [0.1, 0.15) is 0 Å². The van der Waals surface area contributed by atoms with Crippen LogP contribution in [-0.2, 0) is 0 Å². The fraction of sp³-hybridized carbons (Fsp3) is 1.00. The molecule has 0 aliphatic heterocycles. The molecule has 0 saturated carbocycles. The molecule has 0 heterocycles. The third-order valence-electron chi connectivity index (χ3n) is 1.51. The second-order valence-corrected chi connectivity index (χ2v) is 2.55. The molecule has 0 bridgehead atoms. The van der Waals surface area contributed by atoms with Crippen LogP contribution in [0.25, 0.3) is 0 Å². The third kappa shape index (κ3) is 4.43. The highest BCUT2D eigenvalue weighted by Gasteiger charge is 2.06. The Hall–Kier alpha value is -0.0800. The molecular weight excluding hydrogens is 114 g/mol. The zero-order valence-corrected chi connectivity index (χ0v) is 6.30. The molecule has 0 aromatic carbocycles. The lowest BCUT2D eigenvalue weighted by Gasteiger charge is -2.12. The number of aliphatic hydroxyl groups is 1. The fourth-order valence-corrected chi connectivity index (χ4v) is 0.681. The van der Waals surface area contributed by atoms with E-state index in [4.69, 9.17) is 10.8 Å². The summed E-state index contributed by atoms with van der Waals surface area (Å²) in [6.07, 6.45) is 2.86. The van der Waals surface area contributed by atoms with Crippen LogP contribution < -0.4 is 5.73 Å². The minimum atomic E-state index is -0.350. The molecule has 0 amide bonds. The van der Waals surface area contributed by atoms with Crippen molar-refractivity contribution in [1.29, 1.82) is 0 Å². The molecule has 0 fully saturated rings. The first kappa shape index (κ1) is 8.92. The van der Waals surface area contributed by atoms with Crippen LogP contribution in [0.4, 0.5) is 0 Å². The Kier molecular flexibility index (Phi) is 4.72. The molecule has 0 radical (unpaired) electrons. The molecule has 0 aromatic heterocycles. The molecule has 0 aliphatic rings. The molecule has 0 unspecified atom stereocenters. The monoisotopic (exact) mass is 131 g/mol. The topological polar surface area (TPSA) is 46.2 Å². The van der Waals surface area contributed by atoms with Crippen LogP contribution >= 0.6 is 0 Å². The summed E-state index contributed by atoms with van der Waals surface area (Å²) in [4.78, 5) is 0. The van der Waals surface area contributed by atoms with Crippen LogP contribution in [0.5, 0.6) is 0 Å². The highest BCUT2D eigenvalue weighted by atomic mass is 16.3. The summed E-state index contributed by atoms with van der Waals surface area (Å²) in [5, 5.41) is 8.92. The molecule has 0 aliphatic carbocycles. The van der Waals surface area contributed by atoms with Crippen molar-refractivity contribution < 1.29 is 5.11 Å². The lowest BCUT2D eigenvalue weighted by molar-refractivity contribution is 0.158. The minimum Gasteiger partial charge on any atom is -0.392 e. The predicted molar refractivity (Wildman–Crippen MR) is 39.2 cm³/mol. The summed E-state index contributed by atoms with van der Waals surface area (Å²) in [5.41, 5.74) is 5.55. The molecule has 2 nitrogen and oxygen atoms in total. The van der Waals surface area contributed by atoms with E-state index in [1.165, 1.54) is 0 Å². The van der Waals surface area contributed by atoms with Crippen LogP contribution in [0.1, 0.15) is 33.1 Å². The molecule has 56 valence electrons. The van der Waals surface area contributed by atoms with Gasteiger partial charge in [0.25, 0.3) is 0 Å². The third-order valence-corrected chi connectivity index (χ3v) is 1.51. The van der Waals surface area contributed by atoms with Crippen LogP contribution in [-0.4, -0.2) is 17.3 Å². The van der Waals surface area contributed by atoms with E-state index in [0.717, 1.165) is 19.3 Å². The number of rotatable bonds is 4. The Morgan fingerprint density at radius 3 is 2.44 bits per heavy atom. The van der Waals surface area contributed by atoms with Crippen molar-refractivity contribution in [3.63, 3.8) is 0 Å². The van der Waals surface area contributed by atoms with E-state index in [2.05, 4.69) is 6.92 Å². The van der Waals surface area contributed by atoms with E-state index >= 15 is 0 Å². The highest BCUT2D eigenvalue weighted by molar-refractivity contribution is 4.66. The van der Waals surface area contributed by atoms with Gasteiger partial charge < -0.3 is 10.8 Å². The zero-order chi connectivity index (χ0) is 7.28. The Bertz CT molecular complexity index is 63.9. The molecule has 0 rings (SSSR count). The molecule has 3 N–H and O–H groups in total. The smallest absolute Gasteiger partial charge is 0.0662 e. The lowest BCUT2D eigenvalue weighted by Crippen LogP contribution is -2.31. The number of unbranched alkanes of at least 4 members (excludes halogenated alkanes) is 1. The SMILES string of the molecule is CCCC[C@@H](N)[C@H](C)O. The zero-order valence-electron chi connectivity index (χ0n) is 6.30. The quantitative estimate of drug-likeness (QED) is 0.595. The predicted octanol–water partition coefficient (Wildman–Crippen LogP) is 0.885. The van der Waals surface area contributed by atoms with Gasteiger partial charge >= 0.3 is 0 Å². The average Bonchev–Trinajstić information content (AvgIpc) is 1.82. The van der Waals surface area contributed by atoms with E-state index in [1.807, 2.05) is 0 Å². The Labute approximate surface area is 57.1 Å². The molecular formula is C7H17NO. The van der Waals surface area contributed by atoms with Gasteiger partial charge in [-0.2, -0.15) is 0 Å². The van der Waals surface area contributed by atoms with Crippen LogP contribution in [0.3, 0.4) is 0 Å². The summed E-state index contributed by atoms with van der Waals surface area (Å²) >= 11 is 0. The number of aliphatic hydroxyl groups excluding tert-OH is 1. The Morgan fingerprint density at radius 1 is 1.56 bits per heavy atom. The van der Waals surface area contributed by atoms with E-state index in [9.17, 15) is 0 Å². The van der Waals surface area contributed by atoms with Gasteiger partial charge in [-0.05, 0) is 13.3 Å². The first-order chi connectivity index (χ1) is 4.18. The van der Waals surface area contributed by atoms with Crippen LogP contribution in [0, 0.1) is 0 Å². The van der Waals surface area contributed by atoms with Gasteiger partial charge in [0.05, 0.1) is 6.10 Å². The van der Waals surface area contributed by atoms with Gasteiger partial charge in [-0.15, -0.1) is 0 Å². The second kappa shape index (κ2) is 4.77. The fourth-order valence-electron chi connectivity index (χ4n) is 0.681. The van der Waals surface area contributed by atoms with Gasteiger partial charge in [-0.1, -0.05) is 19.8 Å². The summed E-state index contributed by atoms with van der Waals surface area (Å²) < 4.78 is 0. The first-order valence-electron chi connectivity index (χ1n) is 3.62. The van der Waals surface area contributed by atoms with Crippen molar-refractivity contribution in [3.8, 4) is 0 Å². The average molecular weight is 131 g/mol. The van der Waals surface area contributed by atoms with Crippen LogP contribution in [0.15, 0.2) is 0 Å². The van der Waals surface area contributed by atoms with Crippen molar-refractivity contribution >= 4 is 0 Å². The maximum absolute atomic E-state index is 8.92. The first-order valence-corrected chi connectivity index (χ1v) is 3.62. The van der Waals surface area contributed by atoms with Crippen molar-refractivity contribution in [2.45, 2.75) is 45.3 Å². The van der Waals surface area contributed by atoms with Gasteiger partial charge in [0, 0.05) is 6.04 Å². The van der Waals surface area contributed by atoms with Crippen molar-refractivity contribution in [2.75, 3.05) is 0 Å². The lowest BCUT2D eigenvalue weighted by atomic mass is 10.1. The Balaban J connectivity index is 3.16. The largest absolute Gasteiger partial charge is 0.392 e. The number of hydrogen-bond donors (Lipinski definition) is 2. The Morgan fingerprint density at radius 2 is 2.11 bits per heavy atom. The van der Waals surface area contributed by atoms with Crippen molar-refractivity contribution in [1.82, 2.24) is 0 Å². The maximum Gasteiger partial charge on any atom is 0.0662 e. The van der Waals surface area contributed by atoms with Gasteiger partial charge in [0.2, 0.25) is 0 Å². The molecule has 9 heavy (non-hydrogen) atoms. The van der Waals surface area contributed by atoms with E-state index in [1.54, 1.807) is 6.92 Å². The maximum atomic E-state index is 8.92. The van der Waals surface area contributed by atoms with E-state index in [0.29, 0.717) is 0 Å². The summed E-state index contributed by atoms with van der Waals surface area (Å²) in [6.45, 7) is 3.86. The summed E-state index contributed by atoms with van der Waals surface area (Å²) in [5.74, 6) is 0. The van der Waals surface area contributed by atoms with Gasteiger partial charge in [0.15, 0.2) is 0 Å². The standard InChI is InChI=1S/C7H17NO/c1-3-4-5-7(8)6(2)9/h6-7,9H,3-5,8H2,1-2H3/t6-,7+/m0/s1. The summed E-state index contributed by atoms with van der Waals surface area (Å²) in [6, 6.07) is -0.0232. The van der Waals surface area contributed by atoms with E-state index in [-0.39, 0.29) is 12.1 Å². The second-order valence-electron chi connectivity index (χ2n) is 2.55. The van der Waals surface area contributed by atoms with Gasteiger partial charge in [-0.25, -0.2) is 0 Å². The highest BCUT2D eigenvalue weighted by Crippen LogP contribution is 2.00. The minimum absolute atomic E-state index is 0.0232.